The SMILES string of the molecule is Cc1ccc(N2C[C@H](N)CC2=O)cc1C. The van der Waals surface area contributed by atoms with Crippen LogP contribution in [0, 0.1) is 13.8 Å². The summed E-state index contributed by atoms with van der Waals surface area (Å²) in [6.45, 7) is 4.76. The minimum Gasteiger partial charge on any atom is -0.326 e. The zero-order valence-electron chi connectivity index (χ0n) is 9.16. The molecule has 0 bridgehead atoms. The van der Waals surface area contributed by atoms with Gasteiger partial charge < -0.3 is 10.6 Å². The molecule has 3 nitrogen and oxygen atoms in total. The van der Waals surface area contributed by atoms with Gasteiger partial charge in [0, 0.05) is 24.7 Å². The molecule has 3 heteroatoms. The van der Waals surface area contributed by atoms with E-state index in [1.165, 1.54) is 11.1 Å². The molecule has 0 aliphatic carbocycles. The Morgan fingerprint density at radius 1 is 1.33 bits per heavy atom. The van der Waals surface area contributed by atoms with Crippen LogP contribution in [0.15, 0.2) is 18.2 Å². The normalized spacial score (nSPS) is 21.1. The number of hydrogen-bond donors (Lipinski definition) is 1. The van der Waals surface area contributed by atoms with Crippen molar-refractivity contribution in [2.45, 2.75) is 26.3 Å². The molecule has 1 fully saturated rings. The van der Waals surface area contributed by atoms with Gasteiger partial charge in [0.05, 0.1) is 0 Å². The highest BCUT2D eigenvalue weighted by Gasteiger charge is 2.27. The molecule has 2 rings (SSSR count). The average Bonchev–Trinajstić information content (AvgIpc) is 2.50. The third-order valence-electron chi connectivity index (χ3n) is 2.96. The average molecular weight is 204 g/mol. The van der Waals surface area contributed by atoms with E-state index in [-0.39, 0.29) is 11.9 Å². The molecule has 0 unspecified atom stereocenters. The van der Waals surface area contributed by atoms with Crippen LogP contribution >= 0.6 is 0 Å². The minimum absolute atomic E-state index is 0.0147. The number of rotatable bonds is 1. The Kier molecular flexibility index (Phi) is 2.49. The van der Waals surface area contributed by atoms with Gasteiger partial charge in [-0.3, -0.25) is 4.79 Å². The number of aryl methyl sites for hydroxylation is 2. The fourth-order valence-electron chi connectivity index (χ4n) is 1.88. The Morgan fingerprint density at radius 3 is 2.60 bits per heavy atom. The zero-order valence-corrected chi connectivity index (χ0v) is 9.16. The molecule has 1 amide bonds. The minimum atomic E-state index is -0.0147. The second-order valence-electron chi connectivity index (χ2n) is 4.24. The van der Waals surface area contributed by atoms with Gasteiger partial charge in [-0.25, -0.2) is 0 Å². The Bertz CT molecular complexity index is 401. The van der Waals surface area contributed by atoms with Crippen LogP contribution in [0.3, 0.4) is 0 Å². The first-order valence-corrected chi connectivity index (χ1v) is 5.21. The van der Waals surface area contributed by atoms with E-state index in [1.807, 2.05) is 18.2 Å². The Balaban J connectivity index is 2.30. The maximum Gasteiger partial charge on any atom is 0.228 e. The fourth-order valence-corrected chi connectivity index (χ4v) is 1.88. The fraction of sp³-hybridized carbons (Fsp3) is 0.417. The second kappa shape index (κ2) is 3.66. The molecule has 0 saturated carbocycles. The molecule has 0 aromatic heterocycles. The van der Waals surface area contributed by atoms with Crippen molar-refractivity contribution in [2.24, 2.45) is 5.73 Å². The molecule has 1 aromatic carbocycles. The lowest BCUT2D eigenvalue weighted by molar-refractivity contribution is -0.117. The molecular weight excluding hydrogens is 188 g/mol. The number of amides is 1. The first-order chi connectivity index (χ1) is 7.08. The number of carbonyl (C=O) groups is 1. The van der Waals surface area contributed by atoms with Crippen LogP contribution < -0.4 is 10.6 Å². The summed E-state index contributed by atoms with van der Waals surface area (Å²) >= 11 is 0. The largest absolute Gasteiger partial charge is 0.326 e. The van der Waals surface area contributed by atoms with E-state index in [4.69, 9.17) is 5.73 Å². The summed E-state index contributed by atoms with van der Waals surface area (Å²) in [6, 6.07) is 6.06. The number of hydrogen-bond acceptors (Lipinski definition) is 2. The molecule has 1 saturated heterocycles. The first kappa shape index (κ1) is 10.2. The lowest BCUT2D eigenvalue weighted by Gasteiger charge is -2.17. The molecular formula is C12H16N2O. The van der Waals surface area contributed by atoms with Crippen LogP contribution in [0.2, 0.25) is 0 Å². The van der Waals surface area contributed by atoms with E-state index < -0.39 is 0 Å². The summed E-state index contributed by atoms with van der Waals surface area (Å²) in [6.07, 6.45) is 0.465. The Hall–Kier alpha value is -1.35. The van der Waals surface area contributed by atoms with Gasteiger partial charge in [0.1, 0.15) is 0 Å². The predicted molar refractivity (Wildman–Crippen MR) is 60.9 cm³/mol. The lowest BCUT2D eigenvalue weighted by Crippen LogP contribution is -2.27. The van der Waals surface area contributed by atoms with Crippen molar-refractivity contribution in [3.05, 3.63) is 29.3 Å². The van der Waals surface area contributed by atoms with E-state index in [0.29, 0.717) is 13.0 Å². The summed E-state index contributed by atoms with van der Waals surface area (Å²) < 4.78 is 0. The lowest BCUT2D eigenvalue weighted by atomic mass is 10.1. The second-order valence-corrected chi connectivity index (χ2v) is 4.24. The standard InChI is InChI=1S/C12H16N2O/c1-8-3-4-11(5-9(8)2)14-7-10(13)6-12(14)15/h3-5,10H,6-7,13H2,1-2H3/t10-/m1/s1. The van der Waals surface area contributed by atoms with Crippen molar-refractivity contribution in [1.82, 2.24) is 0 Å². The van der Waals surface area contributed by atoms with Crippen LogP contribution in [0.4, 0.5) is 5.69 Å². The van der Waals surface area contributed by atoms with Gasteiger partial charge in [-0.15, -0.1) is 0 Å². The van der Waals surface area contributed by atoms with Crippen molar-refractivity contribution in [2.75, 3.05) is 11.4 Å². The smallest absolute Gasteiger partial charge is 0.228 e. The van der Waals surface area contributed by atoms with E-state index in [2.05, 4.69) is 13.8 Å². The Labute approximate surface area is 89.9 Å². The topological polar surface area (TPSA) is 46.3 Å². The molecule has 1 heterocycles. The van der Waals surface area contributed by atoms with Gasteiger partial charge in [0.25, 0.3) is 0 Å². The van der Waals surface area contributed by atoms with E-state index in [1.54, 1.807) is 4.90 Å². The van der Waals surface area contributed by atoms with Crippen LogP contribution in [-0.2, 0) is 4.79 Å². The van der Waals surface area contributed by atoms with Gasteiger partial charge in [-0.2, -0.15) is 0 Å². The molecule has 15 heavy (non-hydrogen) atoms. The summed E-state index contributed by atoms with van der Waals surface area (Å²) in [5, 5.41) is 0. The summed E-state index contributed by atoms with van der Waals surface area (Å²) in [7, 11) is 0. The molecule has 0 radical (unpaired) electrons. The molecule has 1 atom stereocenters. The number of carbonyl (C=O) groups excluding carboxylic acids is 1. The third kappa shape index (κ3) is 1.88. The third-order valence-corrected chi connectivity index (χ3v) is 2.96. The number of anilines is 1. The molecule has 80 valence electrons. The van der Waals surface area contributed by atoms with E-state index in [0.717, 1.165) is 5.69 Å². The van der Waals surface area contributed by atoms with Gasteiger partial charge in [-0.05, 0) is 37.1 Å². The van der Waals surface area contributed by atoms with Crippen molar-refractivity contribution in [3.63, 3.8) is 0 Å². The van der Waals surface area contributed by atoms with Gasteiger partial charge in [-0.1, -0.05) is 6.07 Å². The first-order valence-electron chi connectivity index (χ1n) is 5.21. The predicted octanol–water partition coefficient (Wildman–Crippen LogP) is 1.37. The number of nitrogens with zero attached hydrogens (tertiary/aromatic N) is 1. The quantitative estimate of drug-likeness (QED) is 0.751. The van der Waals surface area contributed by atoms with Crippen molar-refractivity contribution in [1.29, 1.82) is 0 Å². The Morgan fingerprint density at radius 2 is 2.07 bits per heavy atom. The van der Waals surface area contributed by atoms with E-state index in [9.17, 15) is 4.79 Å². The highest BCUT2D eigenvalue weighted by atomic mass is 16.2. The van der Waals surface area contributed by atoms with E-state index >= 15 is 0 Å². The maximum absolute atomic E-state index is 11.6. The molecule has 2 N–H and O–H groups in total. The van der Waals surface area contributed by atoms with Crippen LogP contribution in [0.25, 0.3) is 0 Å². The zero-order chi connectivity index (χ0) is 11.0. The number of nitrogens with two attached hydrogens (primary N) is 1. The number of benzene rings is 1. The maximum atomic E-state index is 11.6. The highest BCUT2D eigenvalue weighted by molar-refractivity contribution is 5.96. The molecule has 1 aromatic rings. The summed E-state index contributed by atoms with van der Waals surface area (Å²) in [5.74, 6) is 0.130. The van der Waals surface area contributed by atoms with Crippen LogP contribution in [0.5, 0.6) is 0 Å². The van der Waals surface area contributed by atoms with Crippen LogP contribution in [-0.4, -0.2) is 18.5 Å². The molecule has 1 aliphatic heterocycles. The monoisotopic (exact) mass is 204 g/mol. The van der Waals surface area contributed by atoms with Gasteiger partial charge in [0.2, 0.25) is 5.91 Å². The highest BCUT2D eigenvalue weighted by Crippen LogP contribution is 2.23. The summed E-state index contributed by atoms with van der Waals surface area (Å²) in [4.78, 5) is 13.4. The van der Waals surface area contributed by atoms with Crippen molar-refractivity contribution >= 4 is 11.6 Å². The van der Waals surface area contributed by atoms with Crippen molar-refractivity contribution in [3.8, 4) is 0 Å². The van der Waals surface area contributed by atoms with Gasteiger partial charge >= 0.3 is 0 Å². The summed E-state index contributed by atoms with van der Waals surface area (Å²) in [5.41, 5.74) is 9.18. The van der Waals surface area contributed by atoms with Gasteiger partial charge in [0.15, 0.2) is 0 Å². The van der Waals surface area contributed by atoms with Crippen LogP contribution in [0.1, 0.15) is 17.5 Å². The molecule has 1 aliphatic rings. The molecule has 0 spiro atoms. The van der Waals surface area contributed by atoms with Crippen molar-refractivity contribution < 1.29 is 4.79 Å².